The Bertz CT molecular complexity index is 2550. The van der Waals surface area contributed by atoms with Gasteiger partial charge in [0.15, 0.2) is 11.3 Å². The minimum atomic E-state index is 0. The molecule has 0 amide bonds. The molecule has 0 N–H and O–H groups in total. The summed E-state index contributed by atoms with van der Waals surface area (Å²) >= 11 is 0. The minimum Gasteiger partial charge on any atom is -0.421 e. The molecular formula is C36H20N8OPt. The fourth-order valence-electron chi connectivity index (χ4n) is 6.23. The van der Waals surface area contributed by atoms with Gasteiger partial charge >= 0.3 is 21.1 Å². The molecule has 0 saturated heterocycles. The third-order valence-corrected chi connectivity index (χ3v) is 8.13. The summed E-state index contributed by atoms with van der Waals surface area (Å²) in [5.74, 6) is 2.34. The number of hydrogen-bond acceptors (Lipinski definition) is 5. The van der Waals surface area contributed by atoms with Crippen molar-refractivity contribution in [3.05, 3.63) is 133 Å². The van der Waals surface area contributed by atoms with Crippen molar-refractivity contribution in [2.75, 3.05) is 0 Å². The molecule has 0 bridgehead atoms. The van der Waals surface area contributed by atoms with E-state index < -0.39 is 0 Å². The zero-order valence-corrected chi connectivity index (χ0v) is 26.1. The number of pyridine rings is 2. The Labute approximate surface area is 275 Å². The second-order valence-electron chi connectivity index (χ2n) is 10.7. The average molecular weight is 776 g/mol. The van der Waals surface area contributed by atoms with E-state index in [9.17, 15) is 0 Å². The van der Waals surface area contributed by atoms with E-state index in [-0.39, 0.29) is 21.1 Å². The Kier molecular flexibility index (Phi) is 5.85. The number of hydrogen-bond donors (Lipinski definition) is 0. The normalized spacial score (nSPS) is 11.7. The van der Waals surface area contributed by atoms with Crippen molar-refractivity contribution >= 4 is 55.9 Å². The van der Waals surface area contributed by atoms with Crippen LogP contribution >= 0.6 is 0 Å². The van der Waals surface area contributed by atoms with Gasteiger partial charge in [-0.25, -0.2) is 9.97 Å². The van der Waals surface area contributed by atoms with E-state index in [0.29, 0.717) is 23.1 Å². The van der Waals surface area contributed by atoms with Crippen LogP contribution in [0.3, 0.4) is 0 Å². The largest absolute Gasteiger partial charge is 2.00 e. The smallest absolute Gasteiger partial charge is 0.421 e. The molecule has 46 heavy (non-hydrogen) atoms. The number of imidazole rings is 4. The third-order valence-electron chi connectivity index (χ3n) is 8.13. The van der Waals surface area contributed by atoms with Crippen LogP contribution in [0.4, 0.5) is 0 Å². The molecule has 6 aromatic heterocycles. The van der Waals surface area contributed by atoms with E-state index in [2.05, 4.69) is 33.1 Å². The Hall–Kier alpha value is -5.79. The molecule has 9 nitrogen and oxygen atoms in total. The predicted molar refractivity (Wildman–Crippen MR) is 172 cm³/mol. The van der Waals surface area contributed by atoms with Crippen LogP contribution in [-0.4, -0.2) is 37.9 Å². The first-order chi connectivity index (χ1) is 22.3. The van der Waals surface area contributed by atoms with Crippen molar-refractivity contribution in [2.24, 2.45) is 0 Å². The first-order valence-corrected chi connectivity index (χ1v) is 14.5. The van der Waals surface area contributed by atoms with E-state index in [1.54, 1.807) is 0 Å². The standard InChI is InChI=1S/C36H20N8O.Pt/c1-3-11-23(12-4-1)41-33-29(43-27-17-9-7-15-25(27)37-35(41)43)19-21-31(39-33)45-32-22-20-30-34(40-32)42(24-13-5-2-6-14-24)36-38-26-16-8-10-18-28(26)44(30)36;/h1-11,13,15-22H;/q-2;+2. The average Bonchev–Trinajstić information content (AvgIpc) is 3.81. The fraction of sp³-hybridized carbons (Fsp3) is 0. The van der Waals surface area contributed by atoms with Crippen LogP contribution in [-0.2, 0) is 21.1 Å². The number of nitrogens with zero attached hydrogens (tertiary/aromatic N) is 8. The van der Waals surface area contributed by atoms with E-state index in [1.807, 2.05) is 118 Å². The van der Waals surface area contributed by atoms with Gasteiger partial charge in [-0.2, -0.15) is 58.5 Å². The van der Waals surface area contributed by atoms with E-state index >= 15 is 0 Å². The third kappa shape index (κ3) is 3.79. The van der Waals surface area contributed by atoms with Gasteiger partial charge in [-0.3, -0.25) is 17.9 Å². The number of para-hydroxylation sites is 6. The van der Waals surface area contributed by atoms with Gasteiger partial charge in [0.2, 0.25) is 23.3 Å². The quantitative estimate of drug-likeness (QED) is 0.175. The molecule has 0 saturated carbocycles. The van der Waals surface area contributed by atoms with Gasteiger partial charge in [0.05, 0.1) is 33.1 Å². The van der Waals surface area contributed by atoms with Gasteiger partial charge in [0.1, 0.15) is 0 Å². The van der Waals surface area contributed by atoms with Crippen LogP contribution in [0.15, 0.2) is 121 Å². The summed E-state index contributed by atoms with van der Waals surface area (Å²) in [6, 6.07) is 46.3. The summed E-state index contributed by atoms with van der Waals surface area (Å²) in [5, 5.41) is 0. The first-order valence-electron chi connectivity index (χ1n) is 14.5. The van der Waals surface area contributed by atoms with Crippen molar-refractivity contribution in [3.63, 3.8) is 0 Å². The Morgan fingerprint density at radius 3 is 1.37 bits per heavy atom. The molecule has 10 aromatic rings. The molecule has 0 aliphatic heterocycles. The molecule has 0 fully saturated rings. The zero-order chi connectivity index (χ0) is 29.5. The summed E-state index contributed by atoms with van der Waals surface area (Å²) in [5.41, 5.74) is 8.74. The summed E-state index contributed by atoms with van der Waals surface area (Å²) in [4.78, 5) is 19.9. The second-order valence-corrected chi connectivity index (χ2v) is 10.7. The van der Waals surface area contributed by atoms with E-state index in [1.165, 1.54) is 0 Å². The van der Waals surface area contributed by atoms with Crippen LogP contribution in [0.25, 0.3) is 67.3 Å². The van der Waals surface area contributed by atoms with Gasteiger partial charge < -0.3 is 4.74 Å². The van der Waals surface area contributed by atoms with Crippen LogP contribution in [0.1, 0.15) is 0 Å². The molecule has 0 aliphatic carbocycles. The Morgan fingerprint density at radius 1 is 0.457 bits per heavy atom. The molecule has 220 valence electrons. The Morgan fingerprint density at radius 2 is 0.913 bits per heavy atom. The zero-order valence-electron chi connectivity index (χ0n) is 23.8. The number of ether oxygens (including phenoxy) is 1. The van der Waals surface area contributed by atoms with E-state index in [0.717, 1.165) is 56.0 Å². The molecule has 6 heterocycles. The molecule has 0 aliphatic rings. The van der Waals surface area contributed by atoms with Crippen LogP contribution in [0.2, 0.25) is 0 Å². The maximum Gasteiger partial charge on any atom is 2.00 e. The summed E-state index contributed by atoms with van der Waals surface area (Å²) in [6.45, 7) is 0. The number of rotatable bonds is 4. The van der Waals surface area contributed by atoms with Crippen LogP contribution < -0.4 is 4.74 Å². The minimum absolute atomic E-state index is 0. The number of aromatic nitrogens is 8. The number of fused-ring (bicyclic) bond motifs is 10. The SMILES string of the molecule is [Pt+2].[c-]1ccccc1-n1c2nc(Oc3ccc4c(n3)n(-c3[c-]cccc3)c3nc5ccccc5n43)ccc2n2c3ccccc3nc12. The summed E-state index contributed by atoms with van der Waals surface area (Å²) in [6.07, 6.45) is 0. The molecule has 0 radical (unpaired) electrons. The van der Waals surface area contributed by atoms with Crippen LogP contribution in [0.5, 0.6) is 11.8 Å². The Balaban J connectivity index is 0.00000292. The van der Waals surface area contributed by atoms with Crippen molar-refractivity contribution < 1.29 is 25.8 Å². The first kappa shape index (κ1) is 26.6. The van der Waals surface area contributed by atoms with Crippen molar-refractivity contribution in [1.82, 2.24) is 37.9 Å². The summed E-state index contributed by atoms with van der Waals surface area (Å²) < 4.78 is 14.6. The predicted octanol–water partition coefficient (Wildman–Crippen LogP) is 7.36. The topological polar surface area (TPSA) is 79.5 Å². The van der Waals surface area contributed by atoms with Gasteiger partial charge in [-0.05, 0) is 36.4 Å². The van der Waals surface area contributed by atoms with Crippen molar-refractivity contribution in [1.29, 1.82) is 0 Å². The molecule has 0 spiro atoms. The number of benzene rings is 4. The van der Waals surface area contributed by atoms with E-state index in [4.69, 9.17) is 24.7 Å². The fourth-order valence-corrected chi connectivity index (χ4v) is 6.23. The molecule has 10 rings (SSSR count). The molecule has 0 atom stereocenters. The maximum absolute atomic E-state index is 6.37. The van der Waals surface area contributed by atoms with Crippen molar-refractivity contribution in [2.45, 2.75) is 0 Å². The monoisotopic (exact) mass is 775 g/mol. The van der Waals surface area contributed by atoms with Gasteiger partial charge in [-0.1, -0.05) is 35.6 Å². The molecule has 4 aromatic carbocycles. The molecule has 0 unspecified atom stereocenters. The molecule has 10 heteroatoms. The van der Waals surface area contributed by atoms with Crippen molar-refractivity contribution in [3.8, 4) is 23.1 Å². The maximum atomic E-state index is 6.37. The van der Waals surface area contributed by atoms with Gasteiger partial charge in [0.25, 0.3) is 0 Å². The van der Waals surface area contributed by atoms with Gasteiger partial charge in [-0.15, -0.1) is 12.1 Å². The summed E-state index contributed by atoms with van der Waals surface area (Å²) in [7, 11) is 0. The second kappa shape index (κ2) is 10.1. The van der Waals surface area contributed by atoms with Crippen LogP contribution in [0, 0.1) is 12.1 Å². The van der Waals surface area contributed by atoms with Gasteiger partial charge in [0, 0.05) is 12.1 Å². The molecular weight excluding hydrogens is 756 g/mol.